The monoisotopic (exact) mass is 669 g/mol. The molecule has 4 heterocycles. The van der Waals surface area contributed by atoms with Gasteiger partial charge in [-0.05, 0) is 101 Å². The third-order valence-electron chi connectivity index (χ3n) is 12.8. The molecule has 10 nitrogen and oxygen atoms in total. The molecule has 1 spiro atoms. The van der Waals surface area contributed by atoms with Crippen molar-refractivity contribution in [3.8, 4) is 5.75 Å². The fraction of sp³-hybridized carbons (Fsp3) is 0.692. The van der Waals surface area contributed by atoms with Gasteiger partial charge in [0.25, 0.3) is 0 Å². The van der Waals surface area contributed by atoms with Gasteiger partial charge in [-0.2, -0.15) is 4.98 Å². The Labute approximate surface area is 292 Å². The summed E-state index contributed by atoms with van der Waals surface area (Å²) in [4.78, 5) is 45.4. The Balaban J connectivity index is 0.875. The molecule has 1 N–H and O–H groups in total. The van der Waals surface area contributed by atoms with Crippen molar-refractivity contribution in [2.75, 3.05) is 61.5 Å². The van der Waals surface area contributed by atoms with Gasteiger partial charge in [0.15, 0.2) is 11.6 Å². The summed E-state index contributed by atoms with van der Waals surface area (Å²) >= 11 is 0. The first kappa shape index (κ1) is 32.9. The second kappa shape index (κ2) is 13.1. The minimum absolute atomic E-state index is 0.0620. The Morgan fingerprint density at radius 3 is 2.59 bits per heavy atom. The molecule has 264 valence electrons. The highest BCUT2D eigenvalue weighted by Crippen LogP contribution is 2.63. The number of carbonyl (C=O) groups is 2. The molecule has 8 rings (SSSR count). The van der Waals surface area contributed by atoms with Crippen molar-refractivity contribution in [1.82, 2.24) is 19.8 Å². The van der Waals surface area contributed by atoms with Crippen LogP contribution in [0, 0.1) is 17.3 Å². The van der Waals surface area contributed by atoms with E-state index in [1.54, 1.807) is 18.1 Å². The molecule has 0 radical (unpaired) electrons. The van der Waals surface area contributed by atoms with Gasteiger partial charge in [0.1, 0.15) is 17.5 Å². The van der Waals surface area contributed by atoms with Gasteiger partial charge in [0, 0.05) is 75.8 Å². The van der Waals surface area contributed by atoms with Gasteiger partial charge in [0.05, 0.1) is 18.5 Å². The van der Waals surface area contributed by atoms with Crippen molar-refractivity contribution in [2.45, 2.75) is 110 Å². The van der Waals surface area contributed by atoms with Gasteiger partial charge in [-0.25, -0.2) is 4.98 Å². The number of hydrogen-bond donors (Lipinski definition) is 1. The van der Waals surface area contributed by atoms with Crippen LogP contribution >= 0.6 is 0 Å². The van der Waals surface area contributed by atoms with E-state index >= 15 is 0 Å². The Kier molecular flexibility index (Phi) is 8.83. The van der Waals surface area contributed by atoms with E-state index in [0.717, 1.165) is 53.2 Å². The van der Waals surface area contributed by atoms with Gasteiger partial charge >= 0.3 is 0 Å². The zero-order chi connectivity index (χ0) is 33.9. The number of nitrogens with one attached hydrogen (secondary N) is 1. The van der Waals surface area contributed by atoms with E-state index in [0.29, 0.717) is 42.4 Å². The molecule has 3 saturated carbocycles. The Bertz CT molecular complexity index is 1570. The lowest BCUT2D eigenvalue weighted by Crippen LogP contribution is -2.54. The van der Waals surface area contributed by atoms with Gasteiger partial charge in [-0.1, -0.05) is 6.92 Å². The fourth-order valence-electron chi connectivity index (χ4n) is 9.63. The lowest BCUT2D eigenvalue weighted by molar-refractivity contribution is -0.120. The molecule has 0 bridgehead atoms. The van der Waals surface area contributed by atoms with E-state index in [9.17, 15) is 9.59 Å². The van der Waals surface area contributed by atoms with Crippen LogP contribution in [0.1, 0.15) is 101 Å². The van der Waals surface area contributed by atoms with E-state index < -0.39 is 0 Å². The summed E-state index contributed by atoms with van der Waals surface area (Å²) in [6.45, 7) is 13.1. The lowest BCUT2D eigenvalue weighted by atomic mass is 9.80. The highest BCUT2D eigenvalue weighted by atomic mass is 16.5. The van der Waals surface area contributed by atoms with Crippen molar-refractivity contribution in [3.63, 3.8) is 0 Å². The number of likely N-dealkylation sites (N-methyl/N-ethyl adjacent to an activating group) is 1. The largest absolute Gasteiger partial charge is 0.491 e. The summed E-state index contributed by atoms with van der Waals surface area (Å²) in [6.07, 6.45) is 14.3. The predicted molar refractivity (Wildman–Crippen MR) is 193 cm³/mol. The van der Waals surface area contributed by atoms with E-state index in [1.165, 1.54) is 77.7 Å². The number of nitrogens with zero attached hydrogens (tertiary/aromatic N) is 6. The summed E-state index contributed by atoms with van der Waals surface area (Å²) in [6, 6.07) is 4.52. The maximum Gasteiger partial charge on any atom is 0.249 e. The molecule has 10 heteroatoms. The van der Waals surface area contributed by atoms with Crippen LogP contribution < -0.4 is 19.9 Å². The molecule has 3 aliphatic carbocycles. The predicted octanol–water partition coefficient (Wildman–Crippen LogP) is 6.06. The fourth-order valence-corrected chi connectivity index (χ4v) is 9.63. The van der Waals surface area contributed by atoms with Crippen LogP contribution in [0.2, 0.25) is 0 Å². The second-order valence-corrected chi connectivity index (χ2v) is 16.2. The van der Waals surface area contributed by atoms with Gasteiger partial charge < -0.3 is 24.8 Å². The maximum absolute atomic E-state index is 13.7. The van der Waals surface area contributed by atoms with Crippen LogP contribution in [0.15, 0.2) is 18.3 Å². The first-order valence-electron chi connectivity index (χ1n) is 19.2. The maximum atomic E-state index is 13.7. The number of anilines is 4. The van der Waals surface area contributed by atoms with Gasteiger partial charge in [-0.15, -0.1) is 0 Å². The first-order valence-corrected chi connectivity index (χ1v) is 19.2. The van der Waals surface area contributed by atoms with Crippen LogP contribution in [-0.4, -0.2) is 96.0 Å². The Hall–Kier alpha value is -3.24. The number of Topliss-reactive ketones (excluding diaryl/α,β-unsaturated/α-hetero) is 1. The summed E-state index contributed by atoms with van der Waals surface area (Å²) < 4.78 is 6.10. The molecule has 2 atom stereocenters. The zero-order valence-electron chi connectivity index (χ0n) is 30.0. The van der Waals surface area contributed by atoms with Crippen LogP contribution in [0.5, 0.6) is 5.75 Å². The normalized spacial score (nSPS) is 28.5. The number of hydrogen-bond acceptors (Lipinski definition) is 9. The molecular weight excluding hydrogens is 614 g/mol. The second-order valence-electron chi connectivity index (χ2n) is 16.2. The van der Waals surface area contributed by atoms with Crippen molar-refractivity contribution in [1.29, 1.82) is 0 Å². The van der Waals surface area contributed by atoms with Crippen molar-refractivity contribution < 1.29 is 14.3 Å². The minimum Gasteiger partial charge on any atom is -0.491 e. The van der Waals surface area contributed by atoms with Gasteiger partial charge in [0.2, 0.25) is 11.9 Å². The van der Waals surface area contributed by atoms with Crippen LogP contribution in [0.25, 0.3) is 0 Å². The Morgan fingerprint density at radius 1 is 1.10 bits per heavy atom. The van der Waals surface area contributed by atoms with Gasteiger partial charge in [-0.3, -0.25) is 14.5 Å². The number of benzene rings is 1. The molecular formula is C39H55N7O3. The molecule has 0 unspecified atom stereocenters. The third kappa shape index (κ3) is 6.32. The van der Waals surface area contributed by atoms with Crippen LogP contribution in [-0.2, 0) is 11.2 Å². The number of rotatable bonds is 11. The topological polar surface area (TPSA) is 94.1 Å². The highest BCUT2D eigenvalue weighted by molar-refractivity contribution is 6.04. The molecule has 1 amide bonds. The van der Waals surface area contributed by atoms with E-state index in [-0.39, 0.29) is 23.8 Å². The molecule has 49 heavy (non-hydrogen) atoms. The number of piperazine rings is 1. The standard InChI is InChI=1S/C39H55N7O3/c1-5-32-37(48)43(4)33-23-40-38(42-36(33)46(32)25(2)3)41-31-10-9-29(30-14-21-49-35(30)31)34(47)11-8-27-22-39(27)15-12-28(13-16-39)45-19-17-44(18-20-45)24-26-6-7-26/h9-10,23,25-28,32H,5-8,11-22,24H2,1-4H3,(H,40,41,42)/t27-,28?,32-,39?/m0/s1. The zero-order valence-corrected chi connectivity index (χ0v) is 30.0. The molecule has 6 aliphatic rings. The number of amides is 1. The van der Waals surface area contributed by atoms with Crippen molar-refractivity contribution in [2.24, 2.45) is 17.3 Å². The summed E-state index contributed by atoms with van der Waals surface area (Å²) in [7, 11) is 1.79. The van der Waals surface area contributed by atoms with E-state index in [2.05, 4.69) is 38.8 Å². The average molecular weight is 670 g/mol. The molecule has 1 aromatic carbocycles. The quantitative estimate of drug-likeness (QED) is 0.287. The molecule has 1 aromatic heterocycles. The summed E-state index contributed by atoms with van der Waals surface area (Å²) in [5.41, 5.74) is 3.79. The third-order valence-corrected chi connectivity index (χ3v) is 12.8. The Morgan fingerprint density at radius 2 is 1.88 bits per heavy atom. The average Bonchev–Trinajstić information content (AvgIpc) is 4.00. The summed E-state index contributed by atoms with van der Waals surface area (Å²) in [5, 5.41) is 3.38. The summed E-state index contributed by atoms with van der Waals surface area (Å²) in [5.74, 6) is 3.93. The number of ether oxygens (including phenoxy) is 1. The van der Waals surface area contributed by atoms with Crippen molar-refractivity contribution in [3.05, 3.63) is 29.5 Å². The SMILES string of the molecule is CC[C@H]1C(=O)N(C)c2cnc(Nc3ccc(C(=O)CC[C@H]4CC45CCC(N4CCN(CC6CC6)CC4)CC5)c4c3OCC4)nc2N1C(C)C. The molecule has 4 fully saturated rings. The van der Waals surface area contributed by atoms with Crippen LogP contribution in [0.3, 0.4) is 0 Å². The van der Waals surface area contributed by atoms with E-state index in [4.69, 9.17) is 9.72 Å². The number of fused-ring (bicyclic) bond motifs is 2. The molecule has 3 aliphatic heterocycles. The van der Waals surface area contributed by atoms with Crippen molar-refractivity contribution >= 4 is 34.8 Å². The number of ketones is 1. The highest BCUT2D eigenvalue weighted by Gasteiger charge is 2.54. The van der Waals surface area contributed by atoms with Crippen LogP contribution in [0.4, 0.5) is 23.1 Å². The smallest absolute Gasteiger partial charge is 0.249 e. The first-order chi connectivity index (χ1) is 23.7. The molecule has 2 aromatic rings. The van der Waals surface area contributed by atoms with E-state index in [1.807, 2.05) is 19.1 Å². The number of carbonyl (C=O) groups excluding carboxylic acids is 2. The molecule has 1 saturated heterocycles. The minimum atomic E-state index is -0.263. The number of aromatic nitrogens is 2. The lowest BCUT2D eigenvalue weighted by Gasteiger charge is -2.42.